The predicted octanol–water partition coefficient (Wildman–Crippen LogP) is 2.28. The molecule has 1 N–H and O–H groups in total. The maximum Gasteiger partial charge on any atom is 0.165 e. The number of para-hydroxylation sites is 1. The molecule has 3 heteroatoms. The number of ether oxygens (including phenoxy) is 1. The number of hydrogen-bond donors (Lipinski definition) is 1. The first-order valence-electron chi connectivity index (χ1n) is 4.21. The number of aliphatic hydroxyl groups is 1. The van der Waals surface area contributed by atoms with Gasteiger partial charge in [0.25, 0.3) is 0 Å². The summed E-state index contributed by atoms with van der Waals surface area (Å²) in [4.78, 5) is 0. The molecule has 0 saturated heterocycles. The SMILES string of the molecule is CCC(O)c1cccc(F)c1OC. The fraction of sp³-hybridized carbons (Fsp3) is 0.400. The highest BCUT2D eigenvalue weighted by atomic mass is 19.1. The van der Waals surface area contributed by atoms with Gasteiger partial charge >= 0.3 is 0 Å². The van der Waals surface area contributed by atoms with Gasteiger partial charge in [0.2, 0.25) is 0 Å². The molecule has 1 atom stereocenters. The molecule has 0 aliphatic carbocycles. The van der Waals surface area contributed by atoms with Crippen LogP contribution in [-0.4, -0.2) is 12.2 Å². The first-order valence-corrected chi connectivity index (χ1v) is 4.21. The van der Waals surface area contributed by atoms with E-state index >= 15 is 0 Å². The number of aliphatic hydroxyl groups excluding tert-OH is 1. The Bertz CT molecular complexity index is 286. The Balaban J connectivity index is 3.12. The van der Waals surface area contributed by atoms with Gasteiger partial charge in [-0.15, -0.1) is 0 Å². The molecule has 1 rings (SSSR count). The van der Waals surface area contributed by atoms with Crippen molar-refractivity contribution >= 4 is 0 Å². The number of halogens is 1. The van der Waals surface area contributed by atoms with Crippen molar-refractivity contribution < 1.29 is 14.2 Å². The van der Waals surface area contributed by atoms with Gasteiger partial charge in [0.05, 0.1) is 13.2 Å². The summed E-state index contributed by atoms with van der Waals surface area (Å²) in [6, 6.07) is 4.53. The second kappa shape index (κ2) is 4.23. The molecule has 0 saturated carbocycles. The maximum absolute atomic E-state index is 13.1. The van der Waals surface area contributed by atoms with Gasteiger partial charge in [0.1, 0.15) is 0 Å². The monoisotopic (exact) mass is 184 g/mol. The summed E-state index contributed by atoms with van der Waals surface area (Å²) in [6.45, 7) is 1.83. The first-order chi connectivity index (χ1) is 6.20. The molecule has 72 valence electrons. The van der Waals surface area contributed by atoms with Crippen LogP contribution in [0, 0.1) is 5.82 Å². The van der Waals surface area contributed by atoms with Crippen LogP contribution >= 0.6 is 0 Å². The van der Waals surface area contributed by atoms with E-state index in [1.807, 2.05) is 6.92 Å². The molecule has 0 bridgehead atoms. The minimum absolute atomic E-state index is 0.136. The molecule has 13 heavy (non-hydrogen) atoms. The number of hydrogen-bond acceptors (Lipinski definition) is 2. The van der Waals surface area contributed by atoms with E-state index in [0.29, 0.717) is 12.0 Å². The zero-order valence-corrected chi connectivity index (χ0v) is 7.75. The Hall–Kier alpha value is -1.09. The highest BCUT2D eigenvalue weighted by Gasteiger charge is 2.14. The number of methoxy groups -OCH3 is 1. The maximum atomic E-state index is 13.1. The molecule has 0 aliphatic heterocycles. The van der Waals surface area contributed by atoms with Gasteiger partial charge in [-0.1, -0.05) is 19.1 Å². The molecule has 1 aromatic carbocycles. The molecule has 0 amide bonds. The van der Waals surface area contributed by atoms with Crippen molar-refractivity contribution in [3.63, 3.8) is 0 Å². The molecular formula is C10H13FO2. The topological polar surface area (TPSA) is 29.5 Å². The van der Waals surface area contributed by atoms with Crippen molar-refractivity contribution in [2.45, 2.75) is 19.4 Å². The third-order valence-electron chi connectivity index (χ3n) is 1.95. The van der Waals surface area contributed by atoms with E-state index in [0.717, 1.165) is 0 Å². The Morgan fingerprint density at radius 2 is 2.23 bits per heavy atom. The van der Waals surface area contributed by atoms with Crippen molar-refractivity contribution in [2.75, 3.05) is 7.11 Å². The second-order valence-electron chi connectivity index (χ2n) is 2.79. The van der Waals surface area contributed by atoms with Crippen LogP contribution in [0.1, 0.15) is 25.0 Å². The van der Waals surface area contributed by atoms with Crippen LogP contribution in [0.5, 0.6) is 5.75 Å². The third-order valence-corrected chi connectivity index (χ3v) is 1.95. The lowest BCUT2D eigenvalue weighted by molar-refractivity contribution is 0.168. The molecule has 0 radical (unpaired) electrons. The van der Waals surface area contributed by atoms with E-state index in [9.17, 15) is 9.50 Å². The Morgan fingerprint density at radius 1 is 1.54 bits per heavy atom. The Labute approximate surface area is 77.0 Å². The minimum Gasteiger partial charge on any atom is -0.493 e. The van der Waals surface area contributed by atoms with Gasteiger partial charge < -0.3 is 9.84 Å². The van der Waals surface area contributed by atoms with Crippen LogP contribution in [0.15, 0.2) is 18.2 Å². The van der Waals surface area contributed by atoms with Crippen molar-refractivity contribution in [3.8, 4) is 5.75 Å². The van der Waals surface area contributed by atoms with Crippen LogP contribution in [0.4, 0.5) is 4.39 Å². The van der Waals surface area contributed by atoms with Crippen LogP contribution in [0.25, 0.3) is 0 Å². The van der Waals surface area contributed by atoms with Gasteiger partial charge in [0, 0.05) is 5.56 Å². The summed E-state index contributed by atoms with van der Waals surface area (Å²) in [7, 11) is 1.39. The fourth-order valence-corrected chi connectivity index (χ4v) is 1.22. The summed E-state index contributed by atoms with van der Waals surface area (Å²) in [5.74, 6) is -0.302. The van der Waals surface area contributed by atoms with Crippen LogP contribution in [0.3, 0.4) is 0 Å². The van der Waals surface area contributed by atoms with E-state index < -0.39 is 11.9 Å². The predicted molar refractivity (Wildman–Crippen MR) is 48.2 cm³/mol. The largest absolute Gasteiger partial charge is 0.493 e. The van der Waals surface area contributed by atoms with Crippen molar-refractivity contribution in [3.05, 3.63) is 29.6 Å². The highest BCUT2D eigenvalue weighted by Crippen LogP contribution is 2.29. The highest BCUT2D eigenvalue weighted by molar-refractivity contribution is 5.36. The van der Waals surface area contributed by atoms with Gasteiger partial charge in [-0.3, -0.25) is 0 Å². The third kappa shape index (κ3) is 1.98. The lowest BCUT2D eigenvalue weighted by Crippen LogP contribution is -2.00. The molecule has 0 spiro atoms. The average Bonchev–Trinajstić information content (AvgIpc) is 2.16. The summed E-state index contributed by atoms with van der Waals surface area (Å²) in [5, 5.41) is 9.52. The van der Waals surface area contributed by atoms with E-state index in [4.69, 9.17) is 4.74 Å². The standard InChI is InChI=1S/C10H13FO2/c1-3-9(12)7-5-4-6-8(11)10(7)13-2/h4-6,9,12H,3H2,1-2H3. The Morgan fingerprint density at radius 3 is 2.77 bits per heavy atom. The number of rotatable bonds is 3. The molecule has 0 aromatic heterocycles. The zero-order chi connectivity index (χ0) is 9.84. The molecule has 1 aromatic rings. The summed E-state index contributed by atoms with van der Waals surface area (Å²) in [6.07, 6.45) is -0.120. The lowest BCUT2D eigenvalue weighted by atomic mass is 10.1. The molecule has 0 aliphatic rings. The smallest absolute Gasteiger partial charge is 0.165 e. The van der Waals surface area contributed by atoms with Crippen LogP contribution in [0.2, 0.25) is 0 Å². The van der Waals surface area contributed by atoms with E-state index in [1.54, 1.807) is 12.1 Å². The minimum atomic E-state index is -0.661. The summed E-state index contributed by atoms with van der Waals surface area (Å²) in [5.41, 5.74) is 0.505. The lowest BCUT2D eigenvalue weighted by Gasteiger charge is -2.13. The van der Waals surface area contributed by atoms with Crippen molar-refractivity contribution in [1.29, 1.82) is 0 Å². The first kappa shape index (κ1) is 9.99. The molecule has 2 nitrogen and oxygen atoms in total. The Kier molecular flexibility index (Phi) is 3.25. The van der Waals surface area contributed by atoms with Crippen LogP contribution < -0.4 is 4.74 Å². The van der Waals surface area contributed by atoms with Crippen molar-refractivity contribution in [2.24, 2.45) is 0 Å². The van der Waals surface area contributed by atoms with Gasteiger partial charge in [0.15, 0.2) is 11.6 Å². The summed E-state index contributed by atoms with van der Waals surface area (Å²) < 4.78 is 18.0. The normalized spacial score (nSPS) is 12.6. The molecule has 0 fully saturated rings. The molecule has 1 unspecified atom stereocenters. The van der Waals surface area contributed by atoms with E-state index in [1.165, 1.54) is 13.2 Å². The summed E-state index contributed by atoms with van der Waals surface area (Å²) >= 11 is 0. The quantitative estimate of drug-likeness (QED) is 0.780. The molecule has 0 heterocycles. The van der Waals surface area contributed by atoms with Gasteiger partial charge in [-0.05, 0) is 12.5 Å². The second-order valence-corrected chi connectivity index (χ2v) is 2.79. The fourth-order valence-electron chi connectivity index (χ4n) is 1.22. The van der Waals surface area contributed by atoms with E-state index in [-0.39, 0.29) is 5.75 Å². The number of benzene rings is 1. The zero-order valence-electron chi connectivity index (χ0n) is 7.75. The van der Waals surface area contributed by atoms with Gasteiger partial charge in [-0.2, -0.15) is 0 Å². The average molecular weight is 184 g/mol. The van der Waals surface area contributed by atoms with Crippen molar-refractivity contribution in [1.82, 2.24) is 0 Å². The van der Waals surface area contributed by atoms with Crippen LogP contribution in [-0.2, 0) is 0 Å². The molecular weight excluding hydrogens is 171 g/mol. The van der Waals surface area contributed by atoms with Gasteiger partial charge in [-0.25, -0.2) is 4.39 Å². The van der Waals surface area contributed by atoms with E-state index in [2.05, 4.69) is 0 Å².